The SMILES string of the molecule is FC(F)(F)c1ccc(CC(Cl)c2cccc(Cl)c2Cl)cc1. The van der Waals surface area contributed by atoms with Crippen LogP contribution in [-0.4, -0.2) is 0 Å². The van der Waals surface area contributed by atoms with Crippen molar-refractivity contribution in [1.29, 1.82) is 0 Å². The Balaban J connectivity index is 2.16. The van der Waals surface area contributed by atoms with Gasteiger partial charge in [0.1, 0.15) is 0 Å². The number of hydrogen-bond acceptors (Lipinski definition) is 0. The lowest BCUT2D eigenvalue weighted by Gasteiger charge is -2.13. The van der Waals surface area contributed by atoms with Gasteiger partial charge in [-0.2, -0.15) is 13.2 Å². The molecule has 1 atom stereocenters. The highest BCUT2D eigenvalue weighted by molar-refractivity contribution is 6.43. The minimum absolute atomic E-state index is 0.361. The molecule has 0 saturated heterocycles. The summed E-state index contributed by atoms with van der Waals surface area (Å²) in [7, 11) is 0. The minimum Gasteiger partial charge on any atom is -0.166 e. The van der Waals surface area contributed by atoms with Crippen LogP contribution >= 0.6 is 34.8 Å². The number of alkyl halides is 4. The maximum atomic E-state index is 12.5. The molecule has 0 aliphatic heterocycles. The largest absolute Gasteiger partial charge is 0.416 e. The van der Waals surface area contributed by atoms with Crippen LogP contribution in [0.1, 0.15) is 22.1 Å². The zero-order valence-electron chi connectivity index (χ0n) is 10.6. The predicted molar refractivity (Wildman–Crippen MR) is 80.2 cm³/mol. The molecule has 2 rings (SSSR count). The van der Waals surface area contributed by atoms with Crippen LogP contribution in [0.15, 0.2) is 42.5 Å². The summed E-state index contributed by atoms with van der Waals surface area (Å²) in [5.74, 6) is 0. The molecule has 6 heteroatoms. The van der Waals surface area contributed by atoms with Gasteiger partial charge in [-0.25, -0.2) is 0 Å². The standard InChI is InChI=1S/C15H10Cl3F3/c16-12-3-1-2-11(14(12)18)13(17)8-9-4-6-10(7-5-9)15(19,20)21/h1-7,13H,8H2. The Kier molecular flexibility index (Phi) is 5.07. The number of benzene rings is 2. The summed E-state index contributed by atoms with van der Waals surface area (Å²) in [5, 5.41) is 0.297. The highest BCUT2D eigenvalue weighted by Crippen LogP contribution is 2.35. The molecule has 0 bridgehead atoms. The van der Waals surface area contributed by atoms with Gasteiger partial charge < -0.3 is 0 Å². The molecule has 0 nitrogen and oxygen atoms in total. The fourth-order valence-electron chi connectivity index (χ4n) is 1.91. The van der Waals surface area contributed by atoms with Crippen molar-refractivity contribution in [2.45, 2.75) is 18.0 Å². The van der Waals surface area contributed by atoms with E-state index >= 15 is 0 Å². The van der Waals surface area contributed by atoms with Crippen molar-refractivity contribution >= 4 is 34.8 Å². The third-order valence-electron chi connectivity index (χ3n) is 3.02. The molecule has 21 heavy (non-hydrogen) atoms. The van der Waals surface area contributed by atoms with Gasteiger partial charge in [0.05, 0.1) is 21.0 Å². The Morgan fingerprint density at radius 3 is 2.14 bits per heavy atom. The Morgan fingerprint density at radius 1 is 0.952 bits per heavy atom. The highest BCUT2D eigenvalue weighted by atomic mass is 35.5. The summed E-state index contributed by atoms with van der Waals surface area (Å²) >= 11 is 18.3. The lowest BCUT2D eigenvalue weighted by atomic mass is 10.0. The average Bonchev–Trinajstić information content (AvgIpc) is 2.41. The van der Waals surface area contributed by atoms with Crippen molar-refractivity contribution in [3.8, 4) is 0 Å². The molecular weight excluding hydrogens is 344 g/mol. The lowest BCUT2D eigenvalue weighted by Crippen LogP contribution is -2.05. The molecule has 1 unspecified atom stereocenters. The monoisotopic (exact) mass is 352 g/mol. The maximum Gasteiger partial charge on any atom is 0.416 e. The van der Waals surface area contributed by atoms with Crippen LogP contribution in [0.5, 0.6) is 0 Å². The van der Waals surface area contributed by atoms with Gasteiger partial charge in [0.2, 0.25) is 0 Å². The predicted octanol–water partition coefficient (Wildman–Crippen LogP) is 6.53. The first kappa shape index (κ1) is 16.5. The summed E-state index contributed by atoms with van der Waals surface area (Å²) in [4.78, 5) is 0. The molecule has 0 N–H and O–H groups in total. The maximum absolute atomic E-state index is 12.5. The molecular formula is C15H10Cl3F3. The van der Waals surface area contributed by atoms with E-state index in [-0.39, 0.29) is 0 Å². The van der Waals surface area contributed by atoms with Crippen molar-refractivity contribution in [3.05, 3.63) is 69.2 Å². The van der Waals surface area contributed by atoms with E-state index in [0.717, 1.165) is 12.1 Å². The minimum atomic E-state index is -4.34. The third kappa shape index (κ3) is 4.06. The van der Waals surface area contributed by atoms with Crippen LogP contribution in [0.25, 0.3) is 0 Å². The molecule has 112 valence electrons. The van der Waals surface area contributed by atoms with E-state index in [9.17, 15) is 13.2 Å². The lowest BCUT2D eigenvalue weighted by molar-refractivity contribution is -0.137. The van der Waals surface area contributed by atoms with Crippen LogP contribution < -0.4 is 0 Å². The van der Waals surface area contributed by atoms with Crippen LogP contribution in [0.4, 0.5) is 13.2 Å². The molecule has 2 aromatic rings. The Labute approximate surface area is 135 Å². The molecule has 0 aliphatic carbocycles. The smallest absolute Gasteiger partial charge is 0.166 e. The molecule has 0 aromatic heterocycles. The normalized spacial score (nSPS) is 13.2. The second kappa shape index (κ2) is 6.47. The van der Waals surface area contributed by atoms with E-state index in [4.69, 9.17) is 34.8 Å². The summed E-state index contributed by atoms with van der Waals surface area (Å²) in [6, 6.07) is 10.0. The van der Waals surface area contributed by atoms with E-state index < -0.39 is 17.1 Å². The first-order valence-electron chi connectivity index (χ1n) is 6.03. The molecule has 2 aromatic carbocycles. The number of rotatable bonds is 3. The van der Waals surface area contributed by atoms with Gasteiger partial charge in [0, 0.05) is 0 Å². The number of hydrogen-bond donors (Lipinski definition) is 0. The van der Waals surface area contributed by atoms with Crippen molar-refractivity contribution in [3.63, 3.8) is 0 Å². The van der Waals surface area contributed by atoms with Crippen molar-refractivity contribution in [2.24, 2.45) is 0 Å². The Bertz CT molecular complexity index is 621. The second-order valence-electron chi connectivity index (χ2n) is 4.51. The highest BCUT2D eigenvalue weighted by Gasteiger charge is 2.30. The van der Waals surface area contributed by atoms with Gasteiger partial charge >= 0.3 is 6.18 Å². The Hall–Kier alpha value is -0.900. The summed E-state index contributed by atoms with van der Waals surface area (Å²) < 4.78 is 37.5. The van der Waals surface area contributed by atoms with Crippen LogP contribution in [-0.2, 0) is 12.6 Å². The fraction of sp³-hybridized carbons (Fsp3) is 0.200. The first-order valence-corrected chi connectivity index (χ1v) is 7.22. The van der Waals surface area contributed by atoms with Crippen molar-refractivity contribution < 1.29 is 13.2 Å². The molecule has 0 amide bonds. The van der Waals surface area contributed by atoms with Crippen LogP contribution in [0, 0.1) is 0 Å². The number of halogens is 6. The summed E-state index contributed by atoms with van der Waals surface area (Å²) in [6.07, 6.45) is -3.98. The molecule has 0 spiro atoms. The quantitative estimate of drug-likeness (QED) is 0.550. The van der Waals surface area contributed by atoms with Gasteiger partial charge in [-0.05, 0) is 35.7 Å². The topological polar surface area (TPSA) is 0 Å². The van der Waals surface area contributed by atoms with Crippen LogP contribution in [0.3, 0.4) is 0 Å². The molecule has 0 aliphatic rings. The van der Waals surface area contributed by atoms with Gasteiger partial charge in [-0.15, -0.1) is 11.6 Å². The molecule has 0 radical (unpaired) electrons. The van der Waals surface area contributed by atoms with Gasteiger partial charge in [0.25, 0.3) is 0 Å². The molecule has 0 fully saturated rings. The average molecular weight is 354 g/mol. The summed E-state index contributed by atoms with van der Waals surface area (Å²) in [5.41, 5.74) is 0.669. The van der Waals surface area contributed by atoms with Gasteiger partial charge in [-0.3, -0.25) is 0 Å². The third-order valence-corrected chi connectivity index (χ3v) is 4.24. The second-order valence-corrected chi connectivity index (χ2v) is 5.82. The first-order chi connectivity index (χ1) is 9.79. The van der Waals surface area contributed by atoms with Crippen LogP contribution in [0.2, 0.25) is 10.0 Å². The molecule has 0 heterocycles. The zero-order chi connectivity index (χ0) is 15.6. The van der Waals surface area contributed by atoms with Crippen molar-refractivity contribution in [1.82, 2.24) is 0 Å². The van der Waals surface area contributed by atoms with Gasteiger partial charge in [-0.1, -0.05) is 47.5 Å². The van der Waals surface area contributed by atoms with Gasteiger partial charge in [0.15, 0.2) is 0 Å². The summed E-state index contributed by atoms with van der Waals surface area (Å²) in [6.45, 7) is 0. The van der Waals surface area contributed by atoms with E-state index in [1.54, 1.807) is 18.2 Å². The van der Waals surface area contributed by atoms with Crippen molar-refractivity contribution in [2.75, 3.05) is 0 Å². The zero-order valence-corrected chi connectivity index (χ0v) is 12.9. The molecule has 0 saturated carbocycles. The van der Waals surface area contributed by atoms with E-state index in [1.807, 2.05) is 0 Å². The Morgan fingerprint density at radius 2 is 1.57 bits per heavy atom. The van der Waals surface area contributed by atoms with E-state index in [1.165, 1.54) is 12.1 Å². The van der Waals surface area contributed by atoms with E-state index in [2.05, 4.69) is 0 Å². The fourth-order valence-corrected chi connectivity index (χ4v) is 2.76. The van der Waals surface area contributed by atoms with E-state index in [0.29, 0.717) is 27.6 Å².